The minimum absolute atomic E-state index is 0.278. The molecule has 0 unspecified atom stereocenters. The van der Waals surface area contributed by atoms with E-state index in [0.29, 0.717) is 19.5 Å². The van der Waals surface area contributed by atoms with Crippen molar-refractivity contribution >= 4 is 23.8 Å². The molecule has 0 aliphatic heterocycles. The van der Waals surface area contributed by atoms with Crippen LogP contribution in [0.3, 0.4) is 0 Å². The smallest absolute Gasteiger partial charge is 0.0714 e. The Morgan fingerprint density at radius 2 is 2.38 bits per heavy atom. The largest absolute Gasteiger partial charge is 0.376 e. The summed E-state index contributed by atoms with van der Waals surface area (Å²) >= 11 is 3.41. The van der Waals surface area contributed by atoms with Crippen LogP contribution in [0.15, 0.2) is 23.8 Å². The first-order valence-corrected chi connectivity index (χ1v) is 5.52. The van der Waals surface area contributed by atoms with E-state index < -0.39 is 0 Å². The third-order valence-electron chi connectivity index (χ3n) is 1.89. The van der Waals surface area contributed by atoms with Crippen LogP contribution in [0.2, 0.25) is 6.32 Å². The first-order chi connectivity index (χ1) is 6.33. The maximum absolute atomic E-state index is 5.48. The summed E-state index contributed by atoms with van der Waals surface area (Å²) in [7, 11) is 5.44. The van der Waals surface area contributed by atoms with Gasteiger partial charge >= 0.3 is 0 Å². The Morgan fingerprint density at radius 3 is 3.00 bits per heavy atom. The van der Waals surface area contributed by atoms with Crippen LogP contribution < -0.4 is 0 Å². The van der Waals surface area contributed by atoms with Crippen LogP contribution in [0.4, 0.5) is 0 Å². The van der Waals surface area contributed by atoms with Crippen molar-refractivity contribution in [1.82, 2.24) is 0 Å². The van der Waals surface area contributed by atoms with Crippen molar-refractivity contribution in [2.24, 2.45) is 0 Å². The number of ether oxygens (including phenoxy) is 1. The highest BCUT2D eigenvalue weighted by molar-refractivity contribution is 9.09. The van der Waals surface area contributed by atoms with Crippen molar-refractivity contribution in [2.75, 3.05) is 13.2 Å². The predicted octanol–water partition coefficient (Wildman–Crippen LogP) is 2.63. The molecule has 0 saturated heterocycles. The molecule has 0 aromatic rings. The Labute approximate surface area is 89.8 Å². The molecule has 3 heteroatoms. The van der Waals surface area contributed by atoms with Gasteiger partial charge in [0.2, 0.25) is 0 Å². The SMILES string of the molecule is [B]C[C@@H](Br)COCC1=CCCC=C1. The predicted molar refractivity (Wildman–Crippen MR) is 60.6 cm³/mol. The zero-order chi connectivity index (χ0) is 9.52. The molecule has 0 amide bonds. The van der Waals surface area contributed by atoms with Gasteiger partial charge in [-0.3, -0.25) is 0 Å². The maximum atomic E-state index is 5.48. The van der Waals surface area contributed by atoms with Crippen molar-refractivity contribution < 1.29 is 4.74 Å². The molecule has 1 aliphatic carbocycles. The molecule has 0 bridgehead atoms. The molecule has 70 valence electrons. The van der Waals surface area contributed by atoms with Gasteiger partial charge in [-0.25, -0.2) is 0 Å². The van der Waals surface area contributed by atoms with Gasteiger partial charge in [0, 0.05) is 4.83 Å². The summed E-state index contributed by atoms with van der Waals surface area (Å²) in [6.45, 7) is 1.39. The summed E-state index contributed by atoms with van der Waals surface area (Å²) in [6.07, 6.45) is 9.47. The van der Waals surface area contributed by atoms with Crippen LogP contribution >= 0.6 is 15.9 Å². The first kappa shape index (κ1) is 11.1. The molecule has 0 N–H and O–H groups in total. The van der Waals surface area contributed by atoms with Gasteiger partial charge in [-0.05, 0) is 18.4 Å². The second-order valence-electron chi connectivity index (χ2n) is 3.11. The lowest BCUT2D eigenvalue weighted by atomic mass is 10.0. The highest BCUT2D eigenvalue weighted by Crippen LogP contribution is 2.11. The lowest BCUT2D eigenvalue weighted by molar-refractivity contribution is 0.163. The Bertz CT molecular complexity index is 201. The van der Waals surface area contributed by atoms with Crippen LogP contribution in [0.5, 0.6) is 0 Å². The van der Waals surface area contributed by atoms with Gasteiger partial charge in [0.25, 0.3) is 0 Å². The van der Waals surface area contributed by atoms with Crippen molar-refractivity contribution in [3.8, 4) is 0 Å². The van der Waals surface area contributed by atoms with E-state index in [2.05, 4.69) is 34.2 Å². The van der Waals surface area contributed by atoms with E-state index in [1.807, 2.05) is 0 Å². The van der Waals surface area contributed by atoms with Crippen LogP contribution in [0.1, 0.15) is 12.8 Å². The minimum atomic E-state index is 0.278. The van der Waals surface area contributed by atoms with Gasteiger partial charge < -0.3 is 4.74 Å². The number of halogens is 1. The maximum Gasteiger partial charge on any atom is 0.0714 e. The number of allylic oxidation sites excluding steroid dienone is 2. The molecular weight excluding hydrogens is 227 g/mol. The molecule has 0 aromatic carbocycles. The Hall–Kier alpha value is -0.0151. The molecule has 1 atom stereocenters. The standard InChI is InChI=1S/C10H14BBrO/c11-6-10(12)8-13-7-9-4-2-1-3-5-9/h2,4-5,10H,1,3,6-8H2/t10-/m1/s1. The Balaban J connectivity index is 2.12. The lowest BCUT2D eigenvalue weighted by Gasteiger charge is -2.10. The zero-order valence-corrected chi connectivity index (χ0v) is 9.29. The van der Waals surface area contributed by atoms with E-state index in [1.54, 1.807) is 0 Å². The van der Waals surface area contributed by atoms with Crippen LogP contribution in [0, 0.1) is 0 Å². The number of rotatable bonds is 5. The molecule has 0 aromatic heterocycles. The summed E-state index contributed by atoms with van der Waals surface area (Å²) < 4.78 is 5.48. The van der Waals surface area contributed by atoms with E-state index in [1.165, 1.54) is 5.57 Å². The van der Waals surface area contributed by atoms with Gasteiger partial charge in [0.1, 0.15) is 0 Å². The molecule has 1 aliphatic rings. The molecule has 13 heavy (non-hydrogen) atoms. The second kappa shape index (κ2) is 6.44. The van der Waals surface area contributed by atoms with Gasteiger partial charge in [0.15, 0.2) is 0 Å². The van der Waals surface area contributed by atoms with Crippen LogP contribution in [-0.2, 0) is 4.74 Å². The quantitative estimate of drug-likeness (QED) is 0.531. The fourth-order valence-corrected chi connectivity index (χ4v) is 1.33. The molecular formula is C10H14BBrO. The number of hydrogen-bond acceptors (Lipinski definition) is 1. The summed E-state index contributed by atoms with van der Waals surface area (Å²) in [4.78, 5) is 0.278. The molecule has 0 heterocycles. The Kier molecular flexibility index (Phi) is 5.48. The Morgan fingerprint density at radius 1 is 1.54 bits per heavy atom. The topological polar surface area (TPSA) is 9.23 Å². The van der Waals surface area contributed by atoms with Crippen LogP contribution in [-0.4, -0.2) is 25.9 Å². The fourth-order valence-electron chi connectivity index (χ4n) is 1.15. The summed E-state index contributed by atoms with van der Waals surface area (Å²) in [5.41, 5.74) is 1.28. The highest BCUT2D eigenvalue weighted by atomic mass is 79.9. The van der Waals surface area contributed by atoms with E-state index in [4.69, 9.17) is 12.6 Å². The van der Waals surface area contributed by atoms with E-state index in [9.17, 15) is 0 Å². The van der Waals surface area contributed by atoms with Gasteiger partial charge in [-0.1, -0.05) is 40.5 Å². The molecule has 1 rings (SSSR count). The fraction of sp³-hybridized carbons (Fsp3) is 0.600. The van der Waals surface area contributed by atoms with Gasteiger partial charge in [0.05, 0.1) is 21.1 Å². The molecule has 0 fully saturated rings. The van der Waals surface area contributed by atoms with Gasteiger partial charge in [-0.15, -0.1) is 0 Å². The monoisotopic (exact) mass is 240 g/mol. The molecule has 2 radical (unpaired) electrons. The lowest BCUT2D eigenvalue weighted by Crippen LogP contribution is -2.09. The van der Waals surface area contributed by atoms with Crippen molar-refractivity contribution in [3.63, 3.8) is 0 Å². The first-order valence-electron chi connectivity index (χ1n) is 4.60. The summed E-state index contributed by atoms with van der Waals surface area (Å²) in [6, 6.07) is 0. The van der Waals surface area contributed by atoms with Crippen molar-refractivity contribution in [2.45, 2.75) is 24.0 Å². The van der Waals surface area contributed by atoms with Gasteiger partial charge in [-0.2, -0.15) is 0 Å². The third-order valence-corrected chi connectivity index (χ3v) is 2.53. The summed E-state index contributed by atoms with van der Waals surface area (Å²) in [5.74, 6) is 0. The zero-order valence-electron chi connectivity index (χ0n) is 7.71. The van der Waals surface area contributed by atoms with E-state index in [0.717, 1.165) is 12.8 Å². The highest BCUT2D eigenvalue weighted by Gasteiger charge is 2.01. The third kappa shape index (κ3) is 4.68. The number of hydrogen-bond donors (Lipinski definition) is 0. The average molecular weight is 241 g/mol. The molecule has 0 spiro atoms. The average Bonchev–Trinajstić information content (AvgIpc) is 2.19. The normalized spacial score (nSPS) is 18.4. The van der Waals surface area contributed by atoms with Crippen LogP contribution in [0.25, 0.3) is 0 Å². The summed E-state index contributed by atoms with van der Waals surface area (Å²) in [5, 5.41) is 0. The molecule has 1 nitrogen and oxygen atoms in total. The van der Waals surface area contributed by atoms with Crippen molar-refractivity contribution in [1.29, 1.82) is 0 Å². The van der Waals surface area contributed by atoms with E-state index >= 15 is 0 Å². The second-order valence-corrected chi connectivity index (χ2v) is 4.40. The van der Waals surface area contributed by atoms with E-state index in [-0.39, 0.29) is 4.83 Å². The number of alkyl halides is 1. The minimum Gasteiger partial charge on any atom is -0.376 e. The van der Waals surface area contributed by atoms with Crippen molar-refractivity contribution in [3.05, 3.63) is 23.8 Å². The molecule has 0 saturated carbocycles.